The van der Waals surface area contributed by atoms with E-state index < -0.39 is 0 Å². The van der Waals surface area contributed by atoms with Crippen LogP contribution in [0.2, 0.25) is 0 Å². The van der Waals surface area contributed by atoms with Gasteiger partial charge in [0, 0.05) is 36.8 Å². The van der Waals surface area contributed by atoms with Crippen LogP contribution in [0.1, 0.15) is 10.4 Å². The molecule has 0 unspecified atom stereocenters. The van der Waals surface area contributed by atoms with E-state index in [0.717, 1.165) is 49.2 Å². The molecule has 0 aliphatic heterocycles. The Balaban J connectivity index is 1.89. The molecule has 23 heavy (non-hydrogen) atoms. The molecular formula is C18H15N3OS. The van der Waals surface area contributed by atoms with Gasteiger partial charge in [-0.2, -0.15) is 0 Å². The second kappa shape index (κ2) is 5.21. The Morgan fingerprint density at radius 1 is 1.17 bits per heavy atom. The molecule has 4 rings (SSSR count). The first-order valence-electron chi connectivity index (χ1n) is 7.32. The largest absolute Gasteiger partial charge is 0.365 e. The molecule has 2 aromatic carbocycles. The van der Waals surface area contributed by atoms with Crippen molar-refractivity contribution in [1.29, 1.82) is 0 Å². The molecule has 0 bridgehead atoms. The maximum absolute atomic E-state index is 11.3. The van der Waals surface area contributed by atoms with E-state index in [1.54, 1.807) is 11.3 Å². The standard InChI is InChI=1S/C18H15N3OS/c1-19-18-20-15-5-3-12(8-17(15)23-18)11-4-6-16-14(7-11)13(10-22)9-21(16)2/h3-10H,1-2H3,(H,19,20). The molecule has 5 heteroatoms. The Morgan fingerprint density at radius 2 is 1.96 bits per heavy atom. The first-order valence-corrected chi connectivity index (χ1v) is 8.14. The number of hydrogen-bond donors (Lipinski definition) is 1. The van der Waals surface area contributed by atoms with Gasteiger partial charge < -0.3 is 9.88 Å². The normalized spacial score (nSPS) is 11.2. The van der Waals surface area contributed by atoms with Gasteiger partial charge in [-0.15, -0.1) is 0 Å². The number of fused-ring (bicyclic) bond motifs is 2. The number of carbonyl (C=O) groups excluding carboxylic acids is 1. The topological polar surface area (TPSA) is 46.9 Å². The van der Waals surface area contributed by atoms with Crippen molar-refractivity contribution >= 4 is 43.9 Å². The van der Waals surface area contributed by atoms with Gasteiger partial charge in [0.25, 0.3) is 0 Å². The molecule has 114 valence electrons. The van der Waals surface area contributed by atoms with E-state index in [4.69, 9.17) is 0 Å². The summed E-state index contributed by atoms with van der Waals surface area (Å²) in [6, 6.07) is 12.5. The summed E-state index contributed by atoms with van der Waals surface area (Å²) in [6.45, 7) is 0. The SMILES string of the molecule is CNc1nc2ccc(-c3ccc4c(c3)c(C=O)cn4C)cc2s1. The minimum Gasteiger partial charge on any atom is -0.365 e. The number of nitrogens with one attached hydrogen (secondary N) is 1. The van der Waals surface area contributed by atoms with Crippen molar-refractivity contribution in [1.82, 2.24) is 9.55 Å². The van der Waals surface area contributed by atoms with Crippen LogP contribution in [-0.4, -0.2) is 22.9 Å². The van der Waals surface area contributed by atoms with Crippen LogP contribution >= 0.6 is 11.3 Å². The molecule has 2 heterocycles. The Hall–Kier alpha value is -2.66. The second-order valence-corrected chi connectivity index (χ2v) is 6.53. The van der Waals surface area contributed by atoms with Crippen molar-refractivity contribution in [3.05, 3.63) is 48.2 Å². The van der Waals surface area contributed by atoms with E-state index in [2.05, 4.69) is 40.6 Å². The average molecular weight is 321 g/mol. The maximum atomic E-state index is 11.3. The van der Waals surface area contributed by atoms with Crippen LogP contribution < -0.4 is 5.32 Å². The van der Waals surface area contributed by atoms with Crippen molar-refractivity contribution in [2.75, 3.05) is 12.4 Å². The fourth-order valence-electron chi connectivity index (χ4n) is 2.91. The highest BCUT2D eigenvalue weighted by molar-refractivity contribution is 7.22. The smallest absolute Gasteiger partial charge is 0.183 e. The van der Waals surface area contributed by atoms with Crippen LogP contribution in [0.15, 0.2) is 42.6 Å². The maximum Gasteiger partial charge on any atom is 0.183 e. The fourth-order valence-corrected chi connectivity index (χ4v) is 3.77. The summed E-state index contributed by atoms with van der Waals surface area (Å²) < 4.78 is 3.13. The molecule has 0 amide bonds. The van der Waals surface area contributed by atoms with Gasteiger partial charge in [0.1, 0.15) is 0 Å². The zero-order valence-corrected chi connectivity index (χ0v) is 13.6. The molecule has 1 N–H and O–H groups in total. The summed E-state index contributed by atoms with van der Waals surface area (Å²) in [7, 11) is 3.83. The van der Waals surface area contributed by atoms with E-state index in [9.17, 15) is 4.79 Å². The van der Waals surface area contributed by atoms with Crippen molar-refractivity contribution in [2.24, 2.45) is 7.05 Å². The Labute approximate surface area is 137 Å². The van der Waals surface area contributed by atoms with Crippen LogP contribution in [0.4, 0.5) is 5.13 Å². The summed E-state index contributed by atoms with van der Waals surface area (Å²) in [5.74, 6) is 0. The first kappa shape index (κ1) is 14.0. The van der Waals surface area contributed by atoms with E-state index in [1.807, 2.05) is 30.9 Å². The zero-order valence-electron chi connectivity index (χ0n) is 12.8. The van der Waals surface area contributed by atoms with Gasteiger partial charge in [-0.1, -0.05) is 23.5 Å². The summed E-state index contributed by atoms with van der Waals surface area (Å²) in [6.07, 6.45) is 2.78. The molecule has 0 spiro atoms. The second-order valence-electron chi connectivity index (χ2n) is 5.50. The van der Waals surface area contributed by atoms with E-state index in [0.29, 0.717) is 0 Å². The highest BCUT2D eigenvalue weighted by Gasteiger charge is 2.09. The molecule has 0 fully saturated rings. The lowest BCUT2D eigenvalue weighted by Gasteiger charge is -2.03. The number of carbonyl (C=O) groups is 1. The van der Waals surface area contributed by atoms with Crippen LogP contribution in [-0.2, 0) is 7.05 Å². The number of rotatable bonds is 3. The fraction of sp³-hybridized carbons (Fsp3) is 0.111. The molecule has 4 aromatic rings. The number of aromatic nitrogens is 2. The summed E-state index contributed by atoms with van der Waals surface area (Å²) >= 11 is 1.64. The summed E-state index contributed by atoms with van der Waals surface area (Å²) in [4.78, 5) is 15.8. The Morgan fingerprint density at radius 3 is 2.74 bits per heavy atom. The molecule has 0 aliphatic rings. The molecular weight excluding hydrogens is 306 g/mol. The summed E-state index contributed by atoms with van der Waals surface area (Å²) in [5, 5.41) is 4.99. The van der Waals surface area contributed by atoms with Crippen molar-refractivity contribution < 1.29 is 4.79 Å². The predicted molar refractivity (Wildman–Crippen MR) is 96.5 cm³/mol. The van der Waals surface area contributed by atoms with E-state index in [1.165, 1.54) is 0 Å². The first-order chi connectivity index (χ1) is 11.2. The van der Waals surface area contributed by atoms with Gasteiger partial charge in [-0.05, 0) is 35.4 Å². The quantitative estimate of drug-likeness (QED) is 0.572. The highest BCUT2D eigenvalue weighted by Crippen LogP contribution is 2.32. The molecule has 0 radical (unpaired) electrons. The highest BCUT2D eigenvalue weighted by atomic mass is 32.1. The number of hydrogen-bond acceptors (Lipinski definition) is 4. The Bertz CT molecular complexity index is 1050. The molecule has 0 atom stereocenters. The third-order valence-corrected chi connectivity index (χ3v) is 5.12. The minimum absolute atomic E-state index is 0.723. The lowest BCUT2D eigenvalue weighted by molar-refractivity contribution is 0.112. The monoisotopic (exact) mass is 321 g/mol. The summed E-state index contributed by atoms with van der Waals surface area (Å²) in [5.41, 5.74) is 5.02. The van der Waals surface area contributed by atoms with Crippen molar-refractivity contribution in [2.45, 2.75) is 0 Å². The van der Waals surface area contributed by atoms with Gasteiger partial charge in [-0.3, -0.25) is 4.79 Å². The zero-order chi connectivity index (χ0) is 16.0. The van der Waals surface area contributed by atoms with Gasteiger partial charge in [0.05, 0.1) is 10.2 Å². The number of nitrogens with zero attached hydrogens (tertiary/aromatic N) is 2. The predicted octanol–water partition coefficient (Wildman–Crippen LogP) is 4.31. The van der Waals surface area contributed by atoms with Gasteiger partial charge in [-0.25, -0.2) is 4.98 Å². The third-order valence-electron chi connectivity index (χ3n) is 4.08. The number of benzene rings is 2. The number of aryl methyl sites for hydroxylation is 1. The molecule has 0 saturated carbocycles. The van der Waals surface area contributed by atoms with Crippen LogP contribution in [0.5, 0.6) is 0 Å². The molecule has 0 saturated heterocycles. The molecule has 0 aliphatic carbocycles. The van der Waals surface area contributed by atoms with Crippen molar-refractivity contribution in [3.63, 3.8) is 0 Å². The van der Waals surface area contributed by atoms with Crippen LogP contribution in [0.25, 0.3) is 32.2 Å². The van der Waals surface area contributed by atoms with Gasteiger partial charge in [0.2, 0.25) is 0 Å². The van der Waals surface area contributed by atoms with E-state index >= 15 is 0 Å². The molecule has 4 nitrogen and oxygen atoms in total. The lowest BCUT2D eigenvalue weighted by atomic mass is 10.0. The lowest BCUT2D eigenvalue weighted by Crippen LogP contribution is -1.84. The third kappa shape index (κ3) is 2.21. The minimum atomic E-state index is 0.723. The number of aldehydes is 1. The van der Waals surface area contributed by atoms with Gasteiger partial charge >= 0.3 is 0 Å². The Kier molecular flexibility index (Phi) is 3.16. The molecule has 2 aromatic heterocycles. The van der Waals surface area contributed by atoms with E-state index in [-0.39, 0.29) is 0 Å². The number of thiazole rings is 1. The van der Waals surface area contributed by atoms with Crippen LogP contribution in [0, 0.1) is 0 Å². The van der Waals surface area contributed by atoms with Gasteiger partial charge in [0.15, 0.2) is 11.4 Å². The van der Waals surface area contributed by atoms with Crippen molar-refractivity contribution in [3.8, 4) is 11.1 Å². The average Bonchev–Trinajstić information content (AvgIpc) is 3.14. The number of anilines is 1. The van der Waals surface area contributed by atoms with Crippen LogP contribution in [0.3, 0.4) is 0 Å².